The molecule has 0 aliphatic heterocycles. The Hall–Kier alpha value is -1.81. The number of aliphatic hydroxyl groups excluding tert-OH is 1. The van der Waals surface area contributed by atoms with Crippen molar-refractivity contribution in [2.45, 2.75) is 45.1 Å². The number of hydrogen-bond donors (Lipinski definition) is 3. The Morgan fingerprint density at radius 1 is 1.30 bits per heavy atom. The van der Waals surface area contributed by atoms with Gasteiger partial charge in [-0.25, -0.2) is 0 Å². The molecule has 2 unspecified atom stereocenters. The lowest BCUT2D eigenvalue weighted by Gasteiger charge is -2.19. The molecule has 0 saturated heterocycles. The van der Waals surface area contributed by atoms with E-state index in [4.69, 9.17) is 5.11 Å². The minimum Gasteiger partial charge on any atom is -0.394 e. The van der Waals surface area contributed by atoms with Gasteiger partial charge < -0.3 is 15.7 Å². The largest absolute Gasteiger partial charge is 0.394 e. The summed E-state index contributed by atoms with van der Waals surface area (Å²) >= 11 is 0. The molecule has 126 valence electrons. The fraction of sp³-hybridized carbons (Fsp3) is 0.526. The van der Waals surface area contributed by atoms with Crippen LogP contribution in [0.2, 0.25) is 0 Å². The van der Waals surface area contributed by atoms with Crippen LogP contribution in [0.4, 0.5) is 5.69 Å². The van der Waals surface area contributed by atoms with Crippen molar-refractivity contribution in [2.24, 2.45) is 5.92 Å². The molecule has 0 spiro atoms. The maximum absolute atomic E-state index is 11.9. The van der Waals surface area contributed by atoms with Crippen LogP contribution >= 0.6 is 0 Å². The van der Waals surface area contributed by atoms with Gasteiger partial charge in [0.25, 0.3) is 0 Å². The van der Waals surface area contributed by atoms with Gasteiger partial charge in [0.2, 0.25) is 5.91 Å². The van der Waals surface area contributed by atoms with Crippen molar-refractivity contribution in [1.82, 2.24) is 5.32 Å². The van der Waals surface area contributed by atoms with Crippen molar-refractivity contribution in [1.29, 1.82) is 0 Å². The third-order valence-corrected chi connectivity index (χ3v) is 4.37. The first-order valence-electron chi connectivity index (χ1n) is 8.59. The second kappa shape index (κ2) is 9.36. The third-order valence-electron chi connectivity index (χ3n) is 4.37. The summed E-state index contributed by atoms with van der Waals surface area (Å²) in [5.74, 6) is 0.676. The zero-order valence-corrected chi connectivity index (χ0v) is 13.9. The summed E-state index contributed by atoms with van der Waals surface area (Å²) in [6, 6.07) is 7.90. The van der Waals surface area contributed by atoms with Gasteiger partial charge in [-0.05, 0) is 49.3 Å². The molecule has 2 rings (SSSR count). The van der Waals surface area contributed by atoms with Gasteiger partial charge in [-0.2, -0.15) is 0 Å². The third kappa shape index (κ3) is 6.06. The summed E-state index contributed by atoms with van der Waals surface area (Å²) in [5.41, 5.74) is 2.09. The number of amides is 1. The van der Waals surface area contributed by atoms with E-state index in [-0.39, 0.29) is 18.6 Å². The van der Waals surface area contributed by atoms with Crippen molar-refractivity contribution in [2.75, 3.05) is 18.5 Å². The van der Waals surface area contributed by atoms with Crippen molar-refractivity contribution in [3.8, 4) is 0 Å². The number of aliphatic hydroxyl groups is 1. The fourth-order valence-electron chi connectivity index (χ4n) is 2.79. The lowest BCUT2D eigenvalue weighted by Crippen LogP contribution is -2.37. The van der Waals surface area contributed by atoms with E-state index < -0.39 is 0 Å². The number of carbonyl (C=O) groups excluding carboxylic acids is 1. The summed E-state index contributed by atoms with van der Waals surface area (Å²) < 4.78 is 0. The quantitative estimate of drug-likeness (QED) is 0.646. The summed E-state index contributed by atoms with van der Waals surface area (Å²) in [4.78, 5) is 11.9. The van der Waals surface area contributed by atoms with E-state index in [1.165, 1.54) is 12.8 Å². The van der Waals surface area contributed by atoms with Gasteiger partial charge >= 0.3 is 0 Å². The minimum absolute atomic E-state index is 0.0124. The van der Waals surface area contributed by atoms with Crippen LogP contribution in [0, 0.1) is 5.92 Å². The Labute approximate surface area is 139 Å². The first-order chi connectivity index (χ1) is 11.2. The number of allylic oxidation sites excluding steroid dienone is 2. The highest BCUT2D eigenvalue weighted by Crippen LogP contribution is 2.19. The number of rotatable bonds is 8. The predicted octanol–water partition coefficient (Wildman–Crippen LogP) is 2.88. The molecule has 1 aromatic rings. The Kier molecular flexibility index (Phi) is 7.14. The number of carbonyl (C=O) groups is 1. The molecule has 0 bridgehead atoms. The minimum atomic E-state index is -0.145. The first kappa shape index (κ1) is 17.5. The van der Waals surface area contributed by atoms with Crippen molar-refractivity contribution in [3.05, 3.63) is 42.0 Å². The van der Waals surface area contributed by atoms with Gasteiger partial charge in [0.1, 0.15) is 0 Å². The number of nitrogens with one attached hydrogen (secondary N) is 2. The van der Waals surface area contributed by atoms with E-state index in [9.17, 15) is 4.79 Å². The number of hydrogen-bond acceptors (Lipinski definition) is 3. The molecule has 0 saturated carbocycles. The van der Waals surface area contributed by atoms with Gasteiger partial charge in [0.15, 0.2) is 0 Å². The summed E-state index contributed by atoms with van der Waals surface area (Å²) in [5, 5.41) is 15.4. The molecule has 23 heavy (non-hydrogen) atoms. The van der Waals surface area contributed by atoms with Gasteiger partial charge in [-0.1, -0.05) is 31.2 Å². The molecule has 0 fully saturated rings. The molecule has 2 atom stereocenters. The molecule has 4 nitrogen and oxygen atoms in total. The van der Waals surface area contributed by atoms with E-state index in [2.05, 4.69) is 22.8 Å². The van der Waals surface area contributed by atoms with Gasteiger partial charge in [0.05, 0.1) is 19.1 Å². The van der Waals surface area contributed by atoms with Crippen molar-refractivity contribution >= 4 is 11.6 Å². The zero-order valence-electron chi connectivity index (χ0n) is 13.9. The number of benzene rings is 1. The SMILES string of the molecule is CCC(CO)NC(=O)Cc1ccc(NCC2CC=CCC2)cc1. The van der Waals surface area contributed by atoms with Gasteiger partial charge in [-0.3, -0.25) is 4.79 Å². The molecule has 1 aromatic carbocycles. The van der Waals surface area contributed by atoms with Crippen LogP contribution < -0.4 is 10.6 Å². The molecule has 1 aliphatic rings. The average molecular weight is 316 g/mol. The molecular formula is C19H28N2O2. The zero-order chi connectivity index (χ0) is 16.5. The van der Waals surface area contributed by atoms with Crippen molar-refractivity contribution in [3.63, 3.8) is 0 Å². The lowest BCUT2D eigenvalue weighted by molar-refractivity contribution is -0.121. The van der Waals surface area contributed by atoms with Crippen LogP contribution in [-0.4, -0.2) is 30.2 Å². The summed E-state index contributed by atoms with van der Waals surface area (Å²) in [7, 11) is 0. The molecule has 0 heterocycles. The second-order valence-corrected chi connectivity index (χ2v) is 6.26. The molecule has 4 heteroatoms. The van der Waals surface area contributed by atoms with Crippen LogP contribution in [0.1, 0.15) is 38.2 Å². The highest BCUT2D eigenvalue weighted by molar-refractivity contribution is 5.79. The molecule has 1 aliphatic carbocycles. The highest BCUT2D eigenvalue weighted by Gasteiger charge is 2.11. The Balaban J connectivity index is 1.77. The van der Waals surface area contributed by atoms with Crippen LogP contribution in [0.5, 0.6) is 0 Å². The highest BCUT2D eigenvalue weighted by atomic mass is 16.3. The van der Waals surface area contributed by atoms with Crippen LogP contribution in [0.15, 0.2) is 36.4 Å². The molecule has 0 aromatic heterocycles. The molecule has 0 radical (unpaired) electrons. The van der Waals surface area contributed by atoms with Crippen LogP contribution in [0.25, 0.3) is 0 Å². The van der Waals surface area contributed by atoms with Gasteiger partial charge in [0, 0.05) is 12.2 Å². The predicted molar refractivity (Wildman–Crippen MR) is 94.4 cm³/mol. The van der Waals surface area contributed by atoms with E-state index >= 15 is 0 Å². The maximum Gasteiger partial charge on any atom is 0.224 e. The Morgan fingerprint density at radius 3 is 2.70 bits per heavy atom. The smallest absolute Gasteiger partial charge is 0.224 e. The van der Waals surface area contributed by atoms with Crippen LogP contribution in [-0.2, 0) is 11.2 Å². The van der Waals surface area contributed by atoms with Crippen molar-refractivity contribution < 1.29 is 9.90 Å². The summed E-state index contributed by atoms with van der Waals surface area (Å²) in [6.45, 7) is 2.93. The van der Waals surface area contributed by atoms with E-state index in [1.807, 2.05) is 31.2 Å². The van der Waals surface area contributed by atoms with E-state index in [1.54, 1.807) is 0 Å². The summed E-state index contributed by atoms with van der Waals surface area (Å²) in [6.07, 6.45) is 9.22. The lowest BCUT2D eigenvalue weighted by atomic mass is 9.94. The monoisotopic (exact) mass is 316 g/mol. The van der Waals surface area contributed by atoms with E-state index in [0.29, 0.717) is 6.42 Å². The standard InChI is InChI=1S/C19H28N2O2/c1-2-17(14-22)21-19(23)12-15-8-10-18(11-9-15)20-13-16-6-4-3-5-7-16/h3-4,8-11,16-17,20,22H,2,5-7,12-14H2,1H3,(H,21,23). The Morgan fingerprint density at radius 2 is 2.09 bits per heavy atom. The normalized spacial score (nSPS) is 18.4. The van der Waals surface area contributed by atoms with Gasteiger partial charge in [-0.15, -0.1) is 0 Å². The first-order valence-corrected chi connectivity index (χ1v) is 8.59. The Bertz CT molecular complexity index is 507. The molecular weight excluding hydrogens is 288 g/mol. The average Bonchev–Trinajstić information content (AvgIpc) is 2.60. The van der Waals surface area contributed by atoms with Crippen LogP contribution in [0.3, 0.4) is 0 Å². The maximum atomic E-state index is 11.9. The second-order valence-electron chi connectivity index (χ2n) is 6.26. The van der Waals surface area contributed by atoms with E-state index in [0.717, 1.165) is 36.6 Å². The number of anilines is 1. The topological polar surface area (TPSA) is 61.4 Å². The molecule has 1 amide bonds. The fourth-order valence-corrected chi connectivity index (χ4v) is 2.79. The molecule has 3 N–H and O–H groups in total.